The molecule has 0 heterocycles. The Morgan fingerprint density at radius 3 is 2.65 bits per heavy atom. The summed E-state index contributed by atoms with van der Waals surface area (Å²) in [5, 5.41) is 10.8. The van der Waals surface area contributed by atoms with Gasteiger partial charge in [0.1, 0.15) is 0 Å². The summed E-state index contributed by atoms with van der Waals surface area (Å²) >= 11 is 3.11. The summed E-state index contributed by atoms with van der Waals surface area (Å²) in [6.45, 7) is 1.86. The Kier molecular flexibility index (Phi) is 4.45. The highest BCUT2D eigenvalue weighted by atomic mass is 79.9. The number of rotatable bonds is 4. The first-order chi connectivity index (χ1) is 8.01. The Hall–Kier alpha value is -1.63. The second-order valence-electron chi connectivity index (χ2n) is 2.99. The van der Waals surface area contributed by atoms with Crippen molar-refractivity contribution in [3.05, 3.63) is 32.3 Å². The van der Waals surface area contributed by atoms with Gasteiger partial charge in [-0.1, -0.05) is 0 Å². The number of nitro benzene ring substituents is 1. The normalized spacial score (nSPS) is 9.82. The lowest BCUT2D eigenvalue weighted by Crippen LogP contribution is -2.06. The predicted molar refractivity (Wildman–Crippen MR) is 63.3 cm³/mol. The Morgan fingerprint density at radius 1 is 1.53 bits per heavy atom. The van der Waals surface area contributed by atoms with E-state index in [-0.39, 0.29) is 23.6 Å². The van der Waals surface area contributed by atoms with Gasteiger partial charge >= 0.3 is 11.7 Å². The smallest absolute Gasteiger partial charge is 0.338 e. The van der Waals surface area contributed by atoms with Gasteiger partial charge in [-0.3, -0.25) is 10.1 Å². The number of hydrogen-bond donors (Lipinski definition) is 0. The molecule has 0 aromatic heterocycles. The number of carbonyl (C=O) groups is 1. The van der Waals surface area contributed by atoms with Gasteiger partial charge in [-0.25, -0.2) is 4.79 Å². The number of carbonyl (C=O) groups excluding carboxylic acids is 1. The summed E-state index contributed by atoms with van der Waals surface area (Å²) < 4.78 is 9.99. The van der Waals surface area contributed by atoms with E-state index in [9.17, 15) is 14.9 Å². The summed E-state index contributed by atoms with van der Waals surface area (Å²) in [4.78, 5) is 21.7. The van der Waals surface area contributed by atoms with Crippen molar-refractivity contribution in [2.45, 2.75) is 6.92 Å². The molecule has 92 valence electrons. The maximum absolute atomic E-state index is 11.5. The van der Waals surface area contributed by atoms with E-state index in [1.165, 1.54) is 13.2 Å². The molecule has 0 saturated carbocycles. The van der Waals surface area contributed by atoms with Crippen LogP contribution >= 0.6 is 15.9 Å². The van der Waals surface area contributed by atoms with Gasteiger partial charge in [-0.05, 0) is 28.9 Å². The average molecular weight is 304 g/mol. The van der Waals surface area contributed by atoms with Crippen LogP contribution in [0.3, 0.4) is 0 Å². The van der Waals surface area contributed by atoms with Crippen LogP contribution in [-0.2, 0) is 4.74 Å². The standard InChI is InChI=1S/C10H10BrNO5/c1-3-17-10(13)6-4-7(11)9(16-2)8(5-6)12(14)15/h4-5H,3H2,1-2H3. The van der Waals surface area contributed by atoms with Crippen LogP contribution in [0.15, 0.2) is 16.6 Å². The quantitative estimate of drug-likeness (QED) is 0.485. The highest BCUT2D eigenvalue weighted by molar-refractivity contribution is 9.10. The molecule has 0 spiro atoms. The number of ether oxygens (including phenoxy) is 2. The Labute approximate surface area is 106 Å². The van der Waals surface area contributed by atoms with E-state index in [4.69, 9.17) is 9.47 Å². The molecule has 0 amide bonds. The Morgan fingerprint density at radius 2 is 2.18 bits per heavy atom. The molecule has 0 radical (unpaired) electrons. The third-order valence-corrected chi connectivity index (χ3v) is 2.52. The summed E-state index contributed by atoms with van der Waals surface area (Å²) in [5.41, 5.74) is -0.184. The van der Waals surface area contributed by atoms with Gasteiger partial charge < -0.3 is 9.47 Å². The second kappa shape index (κ2) is 5.62. The molecule has 0 aliphatic heterocycles. The fourth-order valence-electron chi connectivity index (χ4n) is 1.25. The fraction of sp³-hybridized carbons (Fsp3) is 0.300. The fourth-order valence-corrected chi connectivity index (χ4v) is 1.86. The van der Waals surface area contributed by atoms with Crippen molar-refractivity contribution < 1.29 is 19.2 Å². The van der Waals surface area contributed by atoms with Gasteiger partial charge in [0.2, 0.25) is 5.75 Å². The van der Waals surface area contributed by atoms with Gasteiger partial charge in [0.25, 0.3) is 0 Å². The highest BCUT2D eigenvalue weighted by Crippen LogP contribution is 2.36. The van der Waals surface area contributed by atoms with Crippen molar-refractivity contribution in [3.63, 3.8) is 0 Å². The average Bonchev–Trinajstić information content (AvgIpc) is 2.28. The van der Waals surface area contributed by atoms with Crippen LogP contribution in [0.2, 0.25) is 0 Å². The van der Waals surface area contributed by atoms with Crippen LogP contribution in [-0.4, -0.2) is 24.6 Å². The first kappa shape index (κ1) is 13.4. The van der Waals surface area contributed by atoms with E-state index in [0.29, 0.717) is 4.47 Å². The predicted octanol–water partition coefficient (Wildman–Crippen LogP) is 2.54. The number of nitrogens with zero attached hydrogens (tertiary/aromatic N) is 1. The van der Waals surface area contributed by atoms with E-state index in [0.717, 1.165) is 6.07 Å². The minimum absolute atomic E-state index is 0.0723. The lowest BCUT2D eigenvalue weighted by atomic mass is 10.2. The van der Waals surface area contributed by atoms with Gasteiger partial charge in [-0.2, -0.15) is 0 Å². The molecule has 0 bridgehead atoms. The Bertz CT molecular complexity index is 460. The molecule has 1 aromatic rings. The lowest BCUT2D eigenvalue weighted by molar-refractivity contribution is -0.385. The molecule has 0 atom stereocenters. The van der Waals surface area contributed by atoms with E-state index in [1.807, 2.05) is 0 Å². The molecule has 0 unspecified atom stereocenters. The van der Waals surface area contributed by atoms with Gasteiger partial charge in [0.15, 0.2) is 0 Å². The molecule has 0 aliphatic carbocycles. The second-order valence-corrected chi connectivity index (χ2v) is 3.84. The topological polar surface area (TPSA) is 78.7 Å². The monoisotopic (exact) mass is 303 g/mol. The van der Waals surface area contributed by atoms with E-state index in [1.54, 1.807) is 6.92 Å². The van der Waals surface area contributed by atoms with Gasteiger partial charge in [-0.15, -0.1) is 0 Å². The number of methoxy groups -OCH3 is 1. The third-order valence-electron chi connectivity index (χ3n) is 1.94. The van der Waals surface area contributed by atoms with Crippen LogP contribution in [0, 0.1) is 10.1 Å². The SMILES string of the molecule is CCOC(=O)c1cc(Br)c(OC)c([N+](=O)[O-])c1. The van der Waals surface area contributed by atoms with Crippen LogP contribution in [0.4, 0.5) is 5.69 Å². The summed E-state index contributed by atoms with van der Waals surface area (Å²) in [7, 11) is 1.32. The zero-order chi connectivity index (χ0) is 13.0. The maximum atomic E-state index is 11.5. The van der Waals surface area contributed by atoms with Crippen molar-refractivity contribution in [3.8, 4) is 5.75 Å². The Balaban J connectivity index is 3.29. The summed E-state index contributed by atoms with van der Waals surface area (Å²) in [6, 6.07) is 2.55. The number of nitro groups is 1. The van der Waals surface area contributed by atoms with Crippen molar-refractivity contribution >= 4 is 27.6 Å². The van der Waals surface area contributed by atoms with Crippen LogP contribution in [0.1, 0.15) is 17.3 Å². The number of esters is 1. The molecule has 1 rings (SSSR count). The van der Waals surface area contributed by atoms with Crippen LogP contribution in [0.25, 0.3) is 0 Å². The number of hydrogen-bond acceptors (Lipinski definition) is 5. The minimum Gasteiger partial charge on any atom is -0.489 e. The first-order valence-electron chi connectivity index (χ1n) is 4.70. The largest absolute Gasteiger partial charge is 0.489 e. The maximum Gasteiger partial charge on any atom is 0.338 e. The molecular weight excluding hydrogens is 294 g/mol. The zero-order valence-electron chi connectivity index (χ0n) is 9.23. The van der Waals surface area contributed by atoms with E-state index in [2.05, 4.69) is 15.9 Å². The molecule has 0 fully saturated rings. The van der Waals surface area contributed by atoms with Gasteiger partial charge in [0, 0.05) is 6.07 Å². The van der Waals surface area contributed by atoms with Gasteiger partial charge in [0.05, 0.1) is 28.7 Å². The molecule has 7 heteroatoms. The molecule has 0 saturated heterocycles. The van der Waals surface area contributed by atoms with Crippen molar-refractivity contribution in [2.24, 2.45) is 0 Å². The number of halogens is 1. The van der Waals surface area contributed by atoms with Crippen molar-refractivity contribution in [1.82, 2.24) is 0 Å². The van der Waals surface area contributed by atoms with Crippen molar-refractivity contribution in [2.75, 3.05) is 13.7 Å². The van der Waals surface area contributed by atoms with E-state index < -0.39 is 10.9 Å². The van der Waals surface area contributed by atoms with E-state index >= 15 is 0 Å². The third kappa shape index (κ3) is 2.94. The molecule has 1 aromatic carbocycles. The molecule has 17 heavy (non-hydrogen) atoms. The summed E-state index contributed by atoms with van der Waals surface area (Å²) in [5.74, 6) is -0.540. The molecular formula is C10H10BrNO5. The molecule has 0 aliphatic rings. The minimum atomic E-state index is -0.619. The summed E-state index contributed by atoms with van der Waals surface area (Å²) in [6.07, 6.45) is 0. The van der Waals surface area contributed by atoms with Crippen molar-refractivity contribution in [1.29, 1.82) is 0 Å². The number of benzene rings is 1. The zero-order valence-corrected chi connectivity index (χ0v) is 10.8. The lowest BCUT2D eigenvalue weighted by Gasteiger charge is -2.07. The highest BCUT2D eigenvalue weighted by Gasteiger charge is 2.22. The molecule has 0 N–H and O–H groups in total. The first-order valence-corrected chi connectivity index (χ1v) is 5.49. The molecule has 6 nitrogen and oxygen atoms in total. The van der Waals surface area contributed by atoms with Crippen LogP contribution in [0.5, 0.6) is 5.75 Å². The van der Waals surface area contributed by atoms with Crippen LogP contribution < -0.4 is 4.74 Å².